The van der Waals surface area contributed by atoms with E-state index >= 15 is 0 Å². The molecule has 2 aromatic rings. The Morgan fingerprint density at radius 3 is 2.86 bits per heavy atom. The summed E-state index contributed by atoms with van der Waals surface area (Å²) in [5.74, 6) is 0.249. The maximum Gasteiger partial charge on any atom is 0.230 e. The Morgan fingerprint density at radius 1 is 1.31 bits per heavy atom. The van der Waals surface area contributed by atoms with Gasteiger partial charge in [-0.2, -0.15) is 0 Å². The van der Waals surface area contributed by atoms with Gasteiger partial charge in [0.2, 0.25) is 11.8 Å². The molecule has 29 heavy (non-hydrogen) atoms. The first-order valence-electron chi connectivity index (χ1n) is 9.69. The van der Waals surface area contributed by atoms with Crippen LogP contribution in [0.25, 0.3) is 0 Å². The number of benzene rings is 1. The first-order chi connectivity index (χ1) is 14.1. The molecule has 7 heteroatoms. The monoisotopic (exact) mass is 394 g/mol. The highest BCUT2D eigenvalue weighted by molar-refractivity contribution is 5.93. The maximum absolute atomic E-state index is 13.1. The normalized spacial score (nSPS) is 29.3. The van der Waals surface area contributed by atoms with Gasteiger partial charge in [-0.15, -0.1) is 0 Å². The van der Waals surface area contributed by atoms with Gasteiger partial charge in [0.25, 0.3) is 0 Å². The van der Waals surface area contributed by atoms with E-state index in [1.165, 1.54) is 0 Å². The highest BCUT2D eigenvalue weighted by Gasteiger charge is 2.66. The summed E-state index contributed by atoms with van der Waals surface area (Å²) < 4.78 is 16.7. The van der Waals surface area contributed by atoms with Gasteiger partial charge in [0.1, 0.15) is 17.1 Å². The predicted octanol–water partition coefficient (Wildman–Crippen LogP) is 1.89. The van der Waals surface area contributed by atoms with Crippen molar-refractivity contribution in [2.75, 3.05) is 13.7 Å². The molecule has 0 unspecified atom stereocenters. The van der Waals surface area contributed by atoms with Gasteiger partial charge in [0.05, 0.1) is 44.4 Å². The number of rotatable bonds is 6. The summed E-state index contributed by atoms with van der Waals surface area (Å²) in [6, 6.07) is 11.2. The number of methoxy groups -OCH3 is 1. The lowest BCUT2D eigenvalue weighted by Gasteiger charge is -2.23. The summed E-state index contributed by atoms with van der Waals surface area (Å²) in [6.45, 7) is 1.21. The number of hydrogen-bond acceptors (Lipinski definition) is 5. The standard InChI is InChI=1S/C22H22N2O5/c1-27-15-6-4-14(5-7-15)11-23-20(25)18-17-8-9-22(29-17)13-24(21(26)19(18)22)12-16-3-2-10-28-16/h2-10,17-19H,11-13H2,1H3,(H,23,25)/t17-,18+,19-,22+/m0/s1. The molecule has 4 atom stereocenters. The number of likely N-dealkylation sites (tertiary alicyclic amines) is 1. The number of nitrogens with one attached hydrogen (secondary N) is 1. The lowest BCUT2D eigenvalue weighted by atomic mass is 9.77. The van der Waals surface area contributed by atoms with Crippen LogP contribution in [-0.2, 0) is 27.4 Å². The lowest BCUT2D eigenvalue weighted by molar-refractivity contribution is -0.138. The Hall–Kier alpha value is -3.06. The van der Waals surface area contributed by atoms with E-state index in [-0.39, 0.29) is 17.9 Å². The van der Waals surface area contributed by atoms with Crippen molar-refractivity contribution in [3.8, 4) is 5.75 Å². The summed E-state index contributed by atoms with van der Waals surface area (Å²) in [5.41, 5.74) is 0.252. The van der Waals surface area contributed by atoms with Gasteiger partial charge in [0, 0.05) is 6.54 Å². The van der Waals surface area contributed by atoms with Gasteiger partial charge in [0.15, 0.2) is 0 Å². The maximum atomic E-state index is 13.1. The Kier molecular flexibility index (Phi) is 4.20. The van der Waals surface area contributed by atoms with E-state index in [4.69, 9.17) is 13.9 Å². The van der Waals surface area contributed by atoms with Crippen molar-refractivity contribution in [1.29, 1.82) is 0 Å². The third-order valence-electron chi connectivity index (χ3n) is 6.03. The molecule has 1 spiro atoms. The number of carbonyl (C=O) groups excluding carboxylic acids is 2. The fourth-order valence-corrected chi connectivity index (χ4v) is 4.65. The van der Waals surface area contributed by atoms with Crippen molar-refractivity contribution in [2.45, 2.75) is 24.8 Å². The molecule has 2 saturated heterocycles. The summed E-state index contributed by atoms with van der Waals surface area (Å²) in [7, 11) is 1.61. The second-order valence-electron chi connectivity index (χ2n) is 7.74. The predicted molar refractivity (Wildman–Crippen MR) is 103 cm³/mol. The van der Waals surface area contributed by atoms with Crippen molar-refractivity contribution in [3.63, 3.8) is 0 Å². The van der Waals surface area contributed by atoms with Crippen LogP contribution in [0.2, 0.25) is 0 Å². The minimum absolute atomic E-state index is 0.0575. The van der Waals surface area contributed by atoms with Crippen molar-refractivity contribution in [2.24, 2.45) is 11.8 Å². The Balaban J connectivity index is 1.29. The molecule has 7 nitrogen and oxygen atoms in total. The number of amides is 2. The van der Waals surface area contributed by atoms with E-state index < -0.39 is 17.4 Å². The van der Waals surface area contributed by atoms with Crippen LogP contribution >= 0.6 is 0 Å². The van der Waals surface area contributed by atoms with Crippen LogP contribution in [0.1, 0.15) is 11.3 Å². The van der Waals surface area contributed by atoms with Crippen LogP contribution in [0.5, 0.6) is 5.75 Å². The number of fused-ring (bicyclic) bond motifs is 1. The van der Waals surface area contributed by atoms with Gasteiger partial charge < -0.3 is 24.1 Å². The van der Waals surface area contributed by atoms with E-state index in [9.17, 15) is 9.59 Å². The molecule has 2 bridgehead atoms. The fourth-order valence-electron chi connectivity index (χ4n) is 4.65. The fraction of sp³-hybridized carbons (Fsp3) is 0.364. The topological polar surface area (TPSA) is 81.0 Å². The summed E-state index contributed by atoms with van der Waals surface area (Å²) in [6.07, 6.45) is 5.10. The SMILES string of the molecule is COc1ccc(CNC(=O)[C@@H]2[C@@H]3C=C[C@]4(CN(Cc5ccco5)C(=O)[C@H]24)O3)cc1. The molecule has 0 radical (unpaired) electrons. The average molecular weight is 394 g/mol. The van der Waals surface area contributed by atoms with Crippen molar-refractivity contribution < 1.29 is 23.5 Å². The Morgan fingerprint density at radius 2 is 2.14 bits per heavy atom. The zero-order valence-corrected chi connectivity index (χ0v) is 16.0. The van der Waals surface area contributed by atoms with Crippen LogP contribution in [-0.4, -0.2) is 42.1 Å². The van der Waals surface area contributed by atoms with E-state index in [2.05, 4.69) is 5.32 Å². The molecule has 5 rings (SSSR count). The minimum atomic E-state index is -0.712. The average Bonchev–Trinajstić information content (AvgIpc) is 3.50. The van der Waals surface area contributed by atoms with Gasteiger partial charge in [-0.1, -0.05) is 24.3 Å². The summed E-state index contributed by atoms with van der Waals surface area (Å²) in [4.78, 5) is 27.9. The number of nitrogens with zero attached hydrogens (tertiary/aromatic N) is 1. The van der Waals surface area contributed by atoms with Gasteiger partial charge in [-0.3, -0.25) is 9.59 Å². The van der Waals surface area contributed by atoms with Crippen molar-refractivity contribution in [1.82, 2.24) is 10.2 Å². The molecule has 2 fully saturated rings. The molecule has 3 aliphatic rings. The number of carbonyl (C=O) groups is 2. The zero-order valence-electron chi connectivity index (χ0n) is 16.0. The second kappa shape index (κ2) is 6.77. The molecular weight excluding hydrogens is 372 g/mol. The number of furan rings is 1. The first-order valence-corrected chi connectivity index (χ1v) is 9.69. The second-order valence-corrected chi connectivity index (χ2v) is 7.74. The van der Waals surface area contributed by atoms with Crippen molar-refractivity contribution in [3.05, 3.63) is 66.1 Å². The van der Waals surface area contributed by atoms with Crippen molar-refractivity contribution >= 4 is 11.8 Å². The largest absolute Gasteiger partial charge is 0.497 e. The van der Waals surface area contributed by atoms with E-state index in [1.54, 1.807) is 24.3 Å². The molecule has 150 valence electrons. The molecule has 3 aliphatic heterocycles. The summed E-state index contributed by atoms with van der Waals surface area (Å²) >= 11 is 0. The van der Waals surface area contributed by atoms with Gasteiger partial charge in [-0.05, 0) is 29.8 Å². The minimum Gasteiger partial charge on any atom is -0.497 e. The third kappa shape index (κ3) is 2.93. The molecule has 1 N–H and O–H groups in total. The van der Waals surface area contributed by atoms with Crippen LogP contribution < -0.4 is 10.1 Å². The van der Waals surface area contributed by atoms with Gasteiger partial charge in [-0.25, -0.2) is 0 Å². The molecule has 1 aromatic carbocycles. The van der Waals surface area contributed by atoms with E-state index in [0.29, 0.717) is 25.4 Å². The van der Waals surface area contributed by atoms with E-state index in [1.807, 2.05) is 42.5 Å². The van der Waals surface area contributed by atoms with Crippen LogP contribution in [0.15, 0.2) is 59.2 Å². The van der Waals surface area contributed by atoms with Crippen LogP contribution in [0.3, 0.4) is 0 Å². The molecule has 0 saturated carbocycles. The summed E-state index contributed by atoms with van der Waals surface area (Å²) in [5, 5.41) is 2.97. The third-order valence-corrected chi connectivity index (χ3v) is 6.03. The molecular formula is C22H22N2O5. The quantitative estimate of drug-likeness (QED) is 0.757. The highest BCUT2D eigenvalue weighted by Crippen LogP contribution is 2.52. The van der Waals surface area contributed by atoms with Gasteiger partial charge >= 0.3 is 0 Å². The first kappa shape index (κ1) is 18.0. The number of ether oxygens (including phenoxy) is 2. The zero-order chi connectivity index (χ0) is 20.0. The molecule has 4 heterocycles. The Labute approximate surface area is 168 Å². The lowest BCUT2D eigenvalue weighted by Crippen LogP contribution is -2.43. The molecule has 2 amide bonds. The van der Waals surface area contributed by atoms with E-state index in [0.717, 1.165) is 11.3 Å². The highest BCUT2D eigenvalue weighted by atomic mass is 16.5. The molecule has 0 aliphatic carbocycles. The smallest absolute Gasteiger partial charge is 0.230 e. The number of hydrogen-bond donors (Lipinski definition) is 1. The Bertz CT molecular complexity index is 952. The van der Waals surface area contributed by atoms with Crippen LogP contribution in [0, 0.1) is 11.8 Å². The van der Waals surface area contributed by atoms with Crippen LogP contribution in [0.4, 0.5) is 0 Å². The molecule has 1 aromatic heterocycles.